The molecular formula is C19H32. The SMILES string of the molecule is C.C=CC.CCC/C=c1\cccc\c1=C\CCCC. The number of rotatable bonds is 5. The van der Waals surface area contributed by atoms with Gasteiger partial charge in [0.1, 0.15) is 0 Å². The summed E-state index contributed by atoms with van der Waals surface area (Å²) in [6.45, 7) is 9.71. The minimum atomic E-state index is 0. The Bertz CT molecular complexity index is 412. The van der Waals surface area contributed by atoms with Crippen molar-refractivity contribution in [2.75, 3.05) is 0 Å². The van der Waals surface area contributed by atoms with Crippen LogP contribution >= 0.6 is 0 Å². The molecule has 0 saturated heterocycles. The molecule has 0 amide bonds. The first-order valence-corrected chi connectivity index (χ1v) is 7.12. The van der Waals surface area contributed by atoms with E-state index < -0.39 is 0 Å². The zero-order valence-corrected chi connectivity index (χ0v) is 12.3. The van der Waals surface area contributed by atoms with Gasteiger partial charge in [-0.05, 0) is 30.2 Å². The van der Waals surface area contributed by atoms with Gasteiger partial charge >= 0.3 is 0 Å². The minimum absolute atomic E-state index is 0. The van der Waals surface area contributed by atoms with Crippen LogP contribution in [-0.2, 0) is 0 Å². The smallest absolute Gasteiger partial charge is 0.0227 e. The molecule has 0 fully saturated rings. The van der Waals surface area contributed by atoms with E-state index in [1.54, 1.807) is 6.08 Å². The predicted molar refractivity (Wildman–Crippen MR) is 91.7 cm³/mol. The molecule has 0 aliphatic heterocycles. The number of hydrogen-bond donors (Lipinski definition) is 0. The quantitative estimate of drug-likeness (QED) is 0.512. The summed E-state index contributed by atoms with van der Waals surface area (Å²) < 4.78 is 0. The maximum absolute atomic E-state index is 3.36. The number of benzene rings is 1. The molecule has 0 heterocycles. The average molecular weight is 260 g/mol. The van der Waals surface area contributed by atoms with Crippen LogP contribution in [0.5, 0.6) is 0 Å². The van der Waals surface area contributed by atoms with Gasteiger partial charge in [0.15, 0.2) is 0 Å². The second-order valence-corrected chi connectivity index (χ2v) is 4.38. The molecule has 0 nitrogen and oxygen atoms in total. The number of hydrogen-bond acceptors (Lipinski definition) is 0. The Morgan fingerprint density at radius 3 is 1.84 bits per heavy atom. The maximum Gasteiger partial charge on any atom is -0.0227 e. The van der Waals surface area contributed by atoms with E-state index in [0.717, 1.165) is 0 Å². The zero-order chi connectivity index (χ0) is 13.6. The largest absolute Gasteiger partial charge is 0.103 e. The Morgan fingerprint density at radius 2 is 1.42 bits per heavy atom. The summed E-state index contributed by atoms with van der Waals surface area (Å²) in [5, 5.41) is 2.80. The summed E-state index contributed by atoms with van der Waals surface area (Å²) in [7, 11) is 0. The Balaban J connectivity index is 0. The van der Waals surface area contributed by atoms with Crippen LogP contribution in [0.15, 0.2) is 36.9 Å². The van der Waals surface area contributed by atoms with Crippen molar-refractivity contribution >= 4 is 12.2 Å². The molecule has 0 aliphatic rings. The van der Waals surface area contributed by atoms with Crippen molar-refractivity contribution in [2.45, 2.75) is 60.3 Å². The van der Waals surface area contributed by atoms with E-state index in [1.807, 2.05) is 6.92 Å². The molecule has 19 heavy (non-hydrogen) atoms. The van der Waals surface area contributed by atoms with Crippen LogP contribution in [0.2, 0.25) is 0 Å². The molecule has 1 aromatic carbocycles. The number of unbranched alkanes of at least 4 members (excludes halogenated alkanes) is 3. The van der Waals surface area contributed by atoms with Gasteiger partial charge in [-0.1, -0.05) is 83.0 Å². The molecule has 0 aromatic heterocycles. The van der Waals surface area contributed by atoms with Crippen LogP contribution in [0.25, 0.3) is 12.2 Å². The molecule has 0 radical (unpaired) electrons. The molecule has 0 spiro atoms. The Morgan fingerprint density at radius 1 is 0.947 bits per heavy atom. The fraction of sp³-hybridized carbons (Fsp3) is 0.474. The molecule has 1 aromatic rings. The monoisotopic (exact) mass is 260 g/mol. The van der Waals surface area contributed by atoms with Gasteiger partial charge in [-0.3, -0.25) is 0 Å². The van der Waals surface area contributed by atoms with Crippen molar-refractivity contribution in [3.8, 4) is 0 Å². The molecule has 0 N–H and O–H groups in total. The molecule has 0 aliphatic carbocycles. The van der Waals surface area contributed by atoms with Crippen LogP contribution < -0.4 is 10.4 Å². The van der Waals surface area contributed by atoms with Crippen LogP contribution in [0.1, 0.15) is 60.3 Å². The molecule has 108 valence electrons. The highest BCUT2D eigenvalue weighted by atomic mass is 13.9. The van der Waals surface area contributed by atoms with Crippen molar-refractivity contribution in [1.29, 1.82) is 0 Å². The lowest BCUT2D eigenvalue weighted by Crippen LogP contribution is -2.23. The molecule has 0 atom stereocenters. The van der Waals surface area contributed by atoms with Crippen molar-refractivity contribution in [3.63, 3.8) is 0 Å². The van der Waals surface area contributed by atoms with Crippen LogP contribution in [0.4, 0.5) is 0 Å². The lowest BCUT2D eigenvalue weighted by Gasteiger charge is -1.93. The maximum atomic E-state index is 3.36. The van der Waals surface area contributed by atoms with Gasteiger partial charge in [-0.15, -0.1) is 6.58 Å². The second kappa shape index (κ2) is 14.8. The van der Waals surface area contributed by atoms with Gasteiger partial charge in [-0.2, -0.15) is 0 Å². The third-order valence-corrected chi connectivity index (χ3v) is 2.57. The fourth-order valence-corrected chi connectivity index (χ4v) is 1.64. The van der Waals surface area contributed by atoms with Gasteiger partial charge < -0.3 is 0 Å². The minimum Gasteiger partial charge on any atom is -0.103 e. The number of allylic oxidation sites excluding steroid dienone is 1. The summed E-state index contributed by atoms with van der Waals surface area (Å²) in [4.78, 5) is 0. The predicted octanol–water partition coefficient (Wildman–Crippen LogP) is 5.07. The molecule has 0 unspecified atom stereocenters. The van der Waals surface area contributed by atoms with E-state index in [0.29, 0.717) is 0 Å². The summed E-state index contributed by atoms with van der Waals surface area (Å²) in [6.07, 6.45) is 12.6. The third kappa shape index (κ3) is 10.3. The molecular weight excluding hydrogens is 228 g/mol. The van der Waals surface area contributed by atoms with Crippen LogP contribution in [0, 0.1) is 0 Å². The topological polar surface area (TPSA) is 0 Å². The van der Waals surface area contributed by atoms with Gasteiger partial charge in [0.05, 0.1) is 0 Å². The summed E-state index contributed by atoms with van der Waals surface area (Å²) in [6, 6.07) is 8.68. The highest BCUT2D eigenvalue weighted by molar-refractivity contribution is 5.31. The van der Waals surface area contributed by atoms with E-state index in [9.17, 15) is 0 Å². The normalized spacial score (nSPS) is 11.3. The zero-order valence-electron chi connectivity index (χ0n) is 12.3. The van der Waals surface area contributed by atoms with E-state index in [-0.39, 0.29) is 7.43 Å². The fourth-order valence-electron chi connectivity index (χ4n) is 1.64. The summed E-state index contributed by atoms with van der Waals surface area (Å²) >= 11 is 0. The Kier molecular flexibility index (Phi) is 15.6. The first kappa shape index (κ1) is 20.0. The van der Waals surface area contributed by atoms with Gasteiger partial charge in [0.25, 0.3) is 0 Å². The molecule has 0 heteroatoms. The van der Waals surface area contributed by atoms with Crippen molar-refractivity contribution in [1.82, 2.24) is 0 Å². The first-order chi connectivity index (χ1) is 8.79. The highest BCUT2D eigenvalue weighted by Gasteiger charge is 1.85. The summed E-state index contributed by atoms with van der Waals surface area (Å²) in [5.41, 5.74) is 0. The average Bonchev–Trinajstić information content (AvgIpc) is 2.39. The second-order valence-electron chi connectivity index (χ2n) is 4.38. The van der Waals surface area contributed by atoms with Crippen LogP contribution in [0.3, 0.4) is 0 Å². The Labute approximate surface area is 120 Å². The molecule has 1 rings (SSSR count). The highest BCUT2D eigenvalue weighted by Crippen LogP contribution is 1.93. The van der Waals surface area contributed by atoms with Gasteiger partial charge in [-0.25, -0.2) is 0 Å². The lowest BCUT2D eigenvalue weighted by molar-refractivity contribution is 0.833. The summed E-state index contributed by atoms with van der Waals surface area (Å²) in [5.74, 6) is 0. The third-order valence-electron chi connectivity index (χ3n) is 2.57. The van der Waals surface area contributed by atoms with Crippen molar-refractivity contribution in [3.05, 3.63) is 47.4 Å². The van der Waals surface area contributed by atoms with E-state index in [2.05, 4.69) is 56.8 Å². The van der Waals surface area contributed by atoms with Gasteiger partial charge in [0.2, 0.25) is 0 Å². The lowest BCUT2D eigenvalue weighted by atomic mass is 10.1. The Hall–Kier alpha value is -1.30. The standard InChI is InChI=1S/C15H22.C3H6.CH4/c1-3-5-7-11-15-13-9-8-12-14(15)10-6-4-2;1-3-2;/h8-13H,3-7H2,1-2H3;3H,1H2,2H3;1H4/b14-10+,15-11-;;. The van der Waals surface area contributed by atoms with E-state index in [4.69, 9.17) is 0 Å². The van der Waals surface area contributed by atoms with E-state index in [1.165, 1.54) is 42.5 Å². The first-order valence-electron chi connectivity index (χ1n) is 7.12. The molecule has 0 bridgehead atoms. The molecule has 0 saturated carbocycles. The van der Waals surface area contributed by atoms with Crippen molar-refractivity contribution < 1.29 is 0 Å². The van der Waals surface area contributed by atoms with Gasteiger partial charge in [0, 0.05) is 0 Å². The van der Waals surface area contributed by atoms with E-state index >= 15 is 0 Å². The van der Waals surface area contributed by atoms with Crippen LogP contribution in [-0.4, -0.2) is 0 Å². The van der Waals surface area contributed by atoms with Crippen molar-refractivity contribution in [2.24, 2.45) is 0 Å².